The van der Waals surface area contributed by atoms with Crippen molar-refractivity contribution in [1.82, 2.24) is 4.57 Å². The number of nitrogens with zero attached hydrogens (tertiary/aromatic N) is 1. The van der Waals surface area contributed by atoms with E-state index in [0.29, 0.717) is 11.3 Å². The van der Waals surface area contributed by atoms with Crippen molar-refractivity contribution >= 4 is 17.1 Å². The summed E-state index contributed by atoms with van der Waals surface area (Å²) in [6.45, 7) is 3.22. The molecule has 0 atom stereocenters. The number of carbonyl (C=O) groups is 1. The molecule has 0 bridgehead atoms. The van der Waals surface area contributed by atoms with Crippen LogP contribution in [-0.4, -0.2) is 10.5 Å². The predicted octanol–water partition coefficient (Wildman–Crippen LogP) is 4.23. The second-order valence-corrected chi connectivity index (χ2v) is 6.14. The maximum atomic E-state index is 12.0. The number of hydrogen-bond acceptors (Lipinski definition) is 2. The molecule has 2 aromatic rings. The first-order valence-corrected chi connectivity index (χ1v) is 8.12. The van der Waals surface area contributed by atoms with Gasteiger partial charge in [-0.25, -0.2) is 4.79 Å². The Kier molecular flexibility index (Phi) is 3.41. The Morgan fingerprint density at radius 1 is 1.22 bits per heavy atom. The third-order valence-electron chi connectivity index (χ3n) is 4.67. The van der Waals surface area contributed by atoms with Gasteiger partial charge in [-0.2, -0.15) is 0 Å². The van der Waals surface area contributed by atoms with E-state index < -0.39 is 0 Å². The number of para-hydroxylation sites is 1. The highest BCUT2D eigenvalue weighted by Gasteiger charge is 2.25. The van der Waals surface area contributed by atoms with Crippen LogP contribution in [0.1, 0.15) is 36.6 Å². The standard InChI is InChI=1S/C20H19NO2/c1-14(15-11-13-21-12-5-4-7-18(15)21)9-10-17-16-6-2-3-8-19(16)23-20(17)22/h2-3,6,8-11,13H,4-5,7,12H2,1H3/b14-9+,17-10-. The predicted molar refractivity (Wildman–Crippen MR) is 91.1 cm³/mol. The second-order valence-electron chi connectivity index (χ2n) is 6.14. The number of carbonyl (C=O) groups excluding carboxylic acids is 1. The van der Waals surface area contributed by atoms with E-state index in [4.69, 9.17) is 4.74 Å². The molecule has 0 saturated heterocycles. The summed E-state index contributed by atoms with van der Waals surface area (Å²) in [5, 5.41) is 0. The third-order valence-corrected chi connectivity index (χ3v) is 4.67. The lowest BCUT2D eigenvalue weighted by atomic mass is 10.0. The number of hydrogen-bond donors (Lipinski definition) is 0. The minimum absolute atomic E-state index is 0.269. The molecule has 1 aromatic carbocycles. The molecular weight excluding hydrogens is 286 g/mol. The molecule has 4 rings (SSSR count). The molecule has 2 aliphatic heterocycles. The van der Waals surface area contributed by atoms with Gasteiger partial charge in [-0.15, -0.1) is 0 Å². The van der Waals surface area contributed by atoms with Crippen LogP contribution in [0.4, 0.5) is 0 Å². The smallest absolute Gasteiger partial charge is 0.344 e. The number of aromatic nitrogens is 1. The minimum Gasteiger partial charge on any atom is -0.422 e. The van der Waals surface area contributed by atoms with Crippen molar-refractivity contribution in [3.8, 4) is 5.75 Å². The van der Waals surface area contributed by atoms with E-state index in [1.54, 1.807) is 0 Å². The van der Waals surface area contributed by atoms with Crippen molar-refractivity contribution in [3.63, 3.8) is 0 Å². The summed E-state index contributed by atoms with van der Waals surface area (Å²) in [7, 11) is 0. The van der Waals surface area contributed by atoms with Crippen LogP contribution in [0.25, 0.3) is 11.1 Å². The van der Waals surface area contributed by atoms with Crippen LogP contribution in [0.3, 0.4) is 0 Å². The molecule has 1 aromatic heterocycles. The molecule has 0 spiro atoms. The molecule has 0 saturated carbocycles. The lowest BCUT2D eigenvalue weighted by Gasteiger charge is -2.16. The zero-order chi connectivity index (χ0) is 15.8. The SMILES string of the molecule is C/C(=C\C=C1/C(=O)Oc2ccccc21)c1ccn2c1CCCC2. The molecule has 3 nitrogen and oxygen atoms in total. The van der Waals surface area contributed by atoms with Gasteiger partial charge in [0, 0.05) is 24.0 Å². The van der Waals surface area contributed by atoms with Gasteiger partial charge >= 0.3 is 5.97 Å². The fourth-order valence-corrected chi connectivity index (χ4v) is 3.43. The van der Waals surface area contributed by atoms with Crippen LogP contribution in [0, 0.1) is 0 Å². The summed E-state index contributed by atoms with van der Waals surface area (Å²) in [5.74, 6) is 0.380. The van der Waals surface area contributed by atoms with Gasteiger partial charge in [-0.3, -0.25) is 0 Å². The van der Waals surface area contributed by atoms with Crippen molar-refractivity contribution in [3.05, 3.63) is 65.5 Å². The van der Waals surface area contributed by atoms with Gasteiger partial charge in [0.05, 0.1) is 5.57 Å². The van der Waals surface area contributed by atoms with E-state index in [2.05, 4.69) is 23.8 Å². The van der Waals surface area contributed by atoms with E-state index in [9.17, 15) is 4.79 Å². The van der Waals surface area contributed by atoms with Crippen molar-refractivity contribution in [2.75, 3.05) is 0 Å². The van der Waals surface area contributed by atoms with Gasteiger partial charge in [0.2, 0.25) is 0 Å². The zero-order valence-electron chi connectivity index (χ0n) is 13.2. The molecular formula is C20H19NO2. The van der Waals surface area contributed by atoms with Gasteiger partial charge in [-0.05, 0) is 55.5 Å². The van der Waals surface area contributed by atoms with Crippen molar-refractivity contribution in [2.24, 2.45) is 0 Å². The van der Waals surface area contributed by atoms with Gasteiger partial charge in [0.1, 0.15) is 5.75 Å². The molecule has 3 heteroatoms. The normalized spacial score (nSPS) is 18.7. The van der Waals surface area contributed by atoms with Crippen molar-refractivity contribution in [1.29, 1.82) is 0 Å². The highest BCUT2D eigenvalue weighted by molar-refractivity contribution is 6.21. The highest BCUT2D eigenvalue weighted by atomic mass is 16.5. The number of esters is 1. The molecule has 0 amide bonds. The molecule has 0 aliphatic carbocycles. The number of allylic oxidation sites excluding steroid dienone is 3. The fraction of sp³-hybridized carbons (Fsp3) is 0.250. The van der Waals surface area contributed by atoms with Crippen LogP contribution in [0.2, 0.25) is 0 Å². The number of fused-ring (bicyclic) bond motifs is 2. The van der Waals surface area contributed by atoms with Crippen LogP contribution in [0.5, 0.6) is 5.75 Å². The van der Waals surface area contributed by atoms with Crippen LogP contribution in [0.15, 0.2) is 48.7 Å². The summed E-state index contributed by atoms with van der Waals surface area (Å²) < 4.78 is 7.64. The van der Waals surface area contributed by atoms with E-state index in [-0.39, 0.29) is 5.97 Å². The number of rotatable bonds is 2. The first-order chi connectivity index (χ1) is 11.2. The number of ether oxygens (including phenoxy) is 1. The molecule has 0 unspecified atom stereocenters. The molecule has 0 radical (unpaired) electrons. The van der Waals surface area contributed by atoms with Crippen LogP contribution < -0.4 is 4.74 Å². The Morgan fingerprint density at radius 3 is 3.00 bits per heavy atom. The molecule has 2 aliphatic rings. The summed E-state index contributed by atoms with van der Waals surface area (Å²) in [6, 6.07) is 9.75. The Bertz CT molecular complexity index is 839. The third kappa shape index (κ3) is 2.42. The van der Waals surface area contributed by atoms with Gasteiger partial charge in [0.15, 0.2) is 0 Å². The summed E-state index contributed by atoms with van der Waals surface area (Å²) in [6.07, 6.45) is 9.74. The summed E-state index contributed by atoms with van der Waals surface area (Å²) >= 11 is 0. The van der Waals surface area contributed by atoms with Gasteiger partial charge in [-0.1, -0.05) is 24.3 Å². The topological polar surface area (TPSA) is 31.2 Å². The minimum atomic E-state index is -0.269. The highest BCUT2D eigenvalue weighted by Crippen LogP contribution is 2.34. The Labute approximate surface area is 135 Å². The van der Waals surface area contributed by atoms with Crippen LogP contribution >= 0.6 is 0 Å². The van der Waals surface area contributed by atoms with E-state index >= 15 is 0 Å². The fourth-order valence-electron chi connectivity index (χ4n) is 3.43. The van der Waals surface area contributed by atoms with E-state index in [0.717, 1.165) is 18.5 Å². The Morgan fingerprint density at radius 2 is 2.09 bits per heavy atom. The second kappa shape index (κ2) is 5.58. The monoisotopic (exact) mass is 305 g/mol. The summed E-state index contributed by atoms with van der Waals surface area (Å²) in [5.41, 5.74) is 5.40. The average Bonchev–Trinajstić information content (AvgIpc) is 3.13. The van der Waals surface area contributed by atoms with Crippen LogP contribution in [-0.2, 0) is 17.8 Å². The first-order valence-electron chi connectivity index (χ1n) is 8.12. The largest absolute Gasteiger partial charge is 0.422 e. The number of benzene rings is 1. The Balaban J connectivity index is 1.68. The first kappa shape index (κ1) is 14.1. The Hall–Kier alpha value is -2.55. The van der Waals surface area contributed by atoms with Gasteiger partial charge in [0.25, 0.3) is 0 Å². The molecule has 3 heterocycles. The average molecular weight is 305 g/mol. The van der Waals surface area contributed by atoms with E-state index in [1.807, 2.05) is 36.4 Å². The molecule has 23 heavy (non-hydrogen) atoms. The van der Waals surface area contributed by atoms with Crippen molar-refractivity contribution in [2.45, 2.75) is 32.7 Å². The quantitative estimate of drug-likeness (QED) is 0.472. The molecule has 116 valence electrons. The maximum absolute atomic E-state index is 12.0. The van der Waals surface area contributed by atoms with E-state index in [1.165, 1.54) is 29.7 Å². The molecule has 0 fully saturated rings. The summed E-state index contributed by atoms with van der Waals surface area (Å²) in [4.78, 5) is 12.0. The number of aryl methyl sites for hydroxylation is 1. The van der Waals surface area contributed by atoms with Crippen molar-refractivity contribution < 1.29 is 9.53 Å². The lowest BCUT2D eigenvalue weighted by Crippen LogP contribution is -2.09. The maximum Gasteiger partial charge on any atom is 0.344 e. The lowest BCUT2D eigenvalue weighted by molar-refractivity contribution is -0.126. The van der Waals surface area contributed by atoms with Gasteiger partial charge < -0.3 is 9.30 Å². The molecule has 0 N–H and O–H groups in total. The zero-order valence-corrected chi connectivity index (χ0v) is 13.2.